The number of piperidine rings is 1. The maximum Gasteiger partial charge on any atom is 0.261 e. The first-order chi connectivity index (χ1) is 11.2. The van der Waals surface area contributed by atoms with Crippen molar-refractivity contribution in [2.24, 2.45) is 5.41 Å². The molecule has 2 fully saturated rings. The Labute approximate surface area is 136 Å². The van der Waals surface area contributed by atoms with Gasteiger partial charge in [-0.3, -0.25) is 14.5 Å². The fourth-order valence-corrected chi connectivity index (χ4v) is 4.27. The summed E-state index contributed by atoms with van der Waals surface area (Å²) in [6.07, 6.45) is 3.74. The van der Waals surface area contributed by atoms with Gasteiger partial charge >= 0.3 is 0 Å². The summed E-state index contributed by atoms with van der Waals surface area (Å²) in [6, 6.07) is 7.12. The SMILES string of the molecule is O=C1c2ccccc2C(=O)N1CCN1CCC2(CCNCC2)C1. The van der Waals surface area contributed by atoms with Gasteiger partial charge in [0.25, 0.3) is 11.8 Å². The van der Waals surface area contributed by atoms with Gasteiger partial charge in [0.05, 0.1) is 11.1 Å². The maximum atomic E-state index is 12.4. The van der Waals surface area contributed by atoms with Crippen molar-refractivity contribution >= 4 is 11.8 Å². The van der Waals surface area contributed by atoms with Crippen molar-refractivity contribution in [2.45, 2.75) is 19.3 Å². The zero-order valence-corrected chi connectivity index (χ0v) is 13.4. The zero-order chi connectivity index (χ0) is 15.9. The number of imide groups is 1. The van der Waals surface area contributed by atoms with Gasteiger partial charge in [0, 0.05) is 19.6 Å². The normalized spacial score (nSPS) is 23.7. The van der Waals surface area contributed by atoms with Crippen LogP contribution in [0.3, 0.4) is 0 Å². The Morgan fingerprint density at radius 3 is 2.26 bits per heavy atom. The molecule has 1 aromatic carbocycles. The molecule has 0 saturated carbocycles. The Balaban J connectivity index is 1.37. The second-order valence-corrected chi connectivity index (χ2v) is 7.08. The molecule has 0 radical (unpaired) electrons. The third kappa shape index (κ3) is 2.58. The van der Waals surface area contributed by atoms with Crippen molar-refractivity contribution in [3.05, 3.63) is 35.4 Å². The predicted octanol–water partition coefficient (Wildman–Crippen LogP) is 1.36. The third-order valence-electron chi connectivity index (χ3n) is 5.70. The summed E-state index contributed by atoms with van der Waals surface area (Å²) in [5.41, 5.74) is 1.57. The molecule has 0 unspecified atom stereocenters. The minimum Gasteiger partial charge on any atom is -0.317 e. The van der Waals surface area contributed by atoms with Crippen LogP contribution in [-0.2, 0) is 0 Å². The quantitative estimate of drug-likeness (QED) is 0.856. The van der Waals surface area contributed by atoms with Gasteiger partial charge in [0.1, 0.15) is 0 Å². The highest BCUT2D eigenvalue weighted by molar-refractivity contribution is 6.21. The number of hydrogen-bond donors (Lipinski definition) is 1. The molecule has 5 nitrogen and oxygen atoms in total. The lowest BCUT2D eigenvalue weighted by molar-refractivity contribution is 0.0637. The Morgan fingerprint density at radius 2 is 1.61 bits per heavy atom. The third-order valence-corrected chi connectivity index (χ3v) is 5.70. The van der Waals surface area contributed by atoms with Gasteiger partial charge in [0.15, 0.2) is 0 Å². The van der Waals surface area contributed by atoms with E-state index >= 15 is 0 Å². The number of hydrogen-bond acceptors (Lipinski definition) is 4. The molecule has 122 valence electrons. The number of likely N-dealkylation sites (tertiary alicyclic amines) is 1. The Bertz CT molecular complexity index is 602. The van der Waals surface area contributed by atoms with Crippen LogP contribution in [0.25, 0.3) is 0 Å². The van der Waals surface area contributed by atoms with E-state index in [1.54, 1.807) is 12.1 Å². The fourth-order valence-electron chi connectivity index (χ4n) is 4.27. The van der Waals surface area contributed by atoms with Crippen molar-refractivity contribution in [3.63, 3.8) is 0 Å². The van der Waals surface area contributed by atoms with Crippen molar-refractivity contribution in [2.75, 3.05) is 39.3 Å². The van der Waals surface area contributed by atoms with E-state index in [4.69, 9.17) is 0 Å². The molecular formula is C18H23N3O2. The highest BCUT2D eigenvalue weighted by atomic mass is 16.2. The average Bonchev–Trinajstić information content (AvgIpc) is 3.07. The minimum atomic E-state index is -0.138. The monoisotopic (exact) mass is 313 g/mol. The number of amides is 2. The molecule has 0 bridgehead atoms. The van der Waals surface area contributed by atoms with E-state index in [2.05, 4.69) is 10.2 Å². The van der Waals surface area contributed by atoms with E-state index in [-0.39, 0.29) is 11.8 Å². The number of rotatable bonds is 3. The number of fused-ring (bicyclic) bond motifs is 1. The molecule has 2 amide bonds. The van der Waals surface area contributed by atoms with Crippen LogP contribution in [0, 0.1) is 5.41 Å². The molecule has 0 atom stereocenters. The van der Waals surface area contributed by atoms with Crippen LogP contribution in [0.1, 0.15) is 40.0 Å². The summed E-state index contributed by atoms with van der Waals surface area (Å²) < 4.78 is 0. The highest BCUT2D eigenvalue weighted by Crippen LogP contribution is 2.38. The van der Waals surface area contributed by atoms with E-state index < -0.39 is 0 Å². The topological polar surface area (TPSA) is 52.7 Å². The lowest BCUT2D eigenvalue weighted by Crippen LogP contribution is -2.41. The van der Waals surface area contributed by atoms with Crippen LogP contribution in [-0.4, -0.2) is 60.9 Å². The molecule has 3 aliphatic heterocycles. The lowest BCUT2D eigenvalue weighted by Gasteiger charge is -2.34. The number of nitrogens with one attached hydrogen (secondary N) is 1. The van der Waals surface area contributed by atoms with Crippen molar-refractivity contribution in [3.8, 4) is 0 Å². The summed E-state index contributed by atoms with van der Waals surface area (Å²) in [5, 5.41) is 3.43. The first-order valence-electron chi connectivity index (χ1n) is 8.57. The maximum absolute atomic E-state index is 12.4. The zero-order valence-electron chi connectivity index (χ0n) is 13.4. The van der Waals surface area contributed by atoms with Gasteiger partial charge in [0.2, 0.25) is 0 Å². The summed E-state index contributed by atoms with van der Waals surface area (Å²) in [6.45, 7) is 5.72. The molecule has 1 spiro atoms. The number of benzene rings is 1. The molecule has 4 rings (SSSR count). The van der Waals surface area contributed by atoms with Crippen LogP contribution in [0.15, 0.2) is 24.3 Å². The van der Waals surface area contributed by atoms with E-state index in [9.17, 15) is 9.59 Å². The van der Waals surface area contributed by atoms with Crippen LogP contribution in [0.4, 0.5) is 0 Å². The Kier molecular flexibility index (Phi) is 3.70. The summed E-state index contributed by atoms with van der Waals surface area (Å²) >= 11 is 0. The van der Waals surface area contributed by atoms with Crippen LogP contribution >= 0.6 is 0 Å². The Morgan fingerprint density at radius 1 is 0.957 bits per heavy atom. The molecule has 3 heterocycles. The summed E-state index contributed by atoms with van der Waals surface area (Å²) in [5.74, 6) is -0.275. The molecule has 0 aromatic heterocycles. The molecule has 1 aromatic rings. The Hall–Kier alpha value is -1.72. The molecule has 0 aliphatic carbocycles. The summed E-state index contributed by atoms with van der Waals surface area (Å²) in [4.78, 5) is 28.6. The van der Waals surface area contributed by atoms with E-state index in [0.29, 0.717) is 23.1 Å². The molecular weight excluding hydrogens is 290 g/mol. The van der Waals surface area contributed by atoms with Crippen molar-refractivity contribution < 1.29 is 9.59 Å². The highest BCUT2D eigenvalue weighted by Gasteiger charge is 2.40. The first kappa shape index (κ1) is 14.8. The van der Waals surface area contributed by atoms with Crippen molar-refractivity contribution in [1.29, 1.82) is 0 Å². The van der Waals surface area contributed by atoms with Gasteiger partial charge in [-0.1, -0.05) is 12.1 Å². The smallest absolute Gasteiger partial charge is 0.261 e. The second-order valence-electron chi connectivity index (χ2n) is 7.08. The van der Waals surface area contributed by atoms with Gasteiger partial charge in [-0.25, -0.2) is 0 Å². The average molecular weight is 313 g/mol. The summed E-state index contributed by atoms with van der Waals surface area (Å²) in [7, 11) is 0. The fraction of sp³-hybridized carbons (Fsp3) is 0.556. The number of nitrogens with zero attached hydrogens (tertiary/aromatic N) is 2. The van der Waals surface area contributed by atoms with Gasteiger partial charge < -0.3 is 10.2 Å². The van der Waals surface area contributed by atoms with E-state index in [1.165, 1.54) is 24.2 Å². The van der Waals surface area contributed by atoms with Gasteiger partial charge in [-0.2, -0.15) is 0 Å². The lowest BCUT2D eigenvalue weighted by atomic mass is 9.78. The van der Waals surface area contributed by atoms with Gasteiger partial charge in [-0.15, -0.1) is 0 Å². The predicted molar refractivity (Wildman–Crippen MR) is 87.4 cm³/mol. The van der Waals surface area contributed by atoms with Crippen LogP contribution < -0.4 is 5.32 Å². The van der Waals surface area contributed by atoms with E-state index in [0.717, 1.165) is 32.7 Å². The molecule has 2 saturated heterocycles. The second kappa shape index (κ2) is 5.73. The largest absolute Gasteiger partial charge is 0.317 e. The number of carbonyl (C=O) groups is 2. The molecule has 23 heavy (non-hydrogen) atoms. The number of carbonyl (C=O) groups excluding carboxylic acids is 2. The van der Waals surface area contributed by atoms with Gasteiger partial charge in [-0.05, 0) is 56.4 Å². The minimum absolute atomic E-state index is 0.138. The van der Waals surface area contributed by atoms with E-state index in [1.807, 2.05) is 12.1 Å². The molecule has 5 heteroatoms. The van der Waals surface area contributed by atoms with Crippen LogP contribution in [0.2, 0.25) is 0 Å². The first-order valence-corrected chi connectivity index (χ1v) is 8.57. The molecule has 3 aliphatic rings. The van der Waals surface area contributed by atoms with Crippen molar-refractivity contribution in [1.82, 2.24) is 15.1 Å². The van der Waals surface area contributed by atoms with Crippen LogP contribution in [0.5, 0.6) is 0 Å². The molecule has 1 N–H and O–H groups in total. The standard InChI is InChI=1S/C18H23N3O2/c22-16-14-3-1-2-4-15(14)17(23)21(16)12-11-20-10-7-18(13-20)5-8-19-9-6-18/h1-4,19H,5-13H2.